The minimum Gasteiger partial charge on any atom is -0.275 e. The molecule has 84 valence electrons. The van der Waals surface area contributed by atoms with Crippen molar-refractivity contribution in [1.29, 1.82) is 0 Å². The van der Waals surface area contributed by atoms with Crippen molar-refractivity contribution in [2.24, 2.45) is 7.05 Å². The van der Waals surface area contributed by atoms with Crippen molar-refractivity contribution in [1.82, 2.24) is 14.8 Å². The summed E-state index contributed by atoms with van der Waals surface area (Å²) in [5.41, 5.74) is 1.92. The zero-order chi connectivity index (χ0) is 11.8. The van der Waals surface area contributed by atoms with Crippen LogP contribution in [0.3, 0.4) is 0 Å². The molecule has 0 aliphatic heterocycles. The molecule has 0 saturated carbocycles. The van der Waals surface area contributed by atoms with Crippen LogP contribution in [-0.4, -0.2) is 14.8 Å². The van der Waals surface area contributed by atoms with E-state index in [1.54, 1.807) is 17.1 Å². The third-order valence-corrected chi connectivity index (χ3v) is 3.04. The fraction of sp³-hybridized carbons (Fsp3) is 0.0769. The number of halogens is 1. The highest BCUT2D eigenvalue weighted by molar-refractivity contribution is 6.35. The Kier molecular flexibility index (Phi) is 2.34. The van der Waals surface area contributed by atoms with Gasteiger partial charge in [-0.25, -0.2) is 0 Å². The van der Waals surface area contributed by atoms with Crippen LogP contribution in [0.5, 0.6) is 0 Å². The average Bonchev–Trinajstić information content (AvgIpc) is 2.76. The Morgan fingerprint density at radius 3 is 2.88 bits per heavy atom. The highest BCUT2D eigenvalue weighted by Gasteiger charge is 2.04. The average molecular weight is 244 g/mol. The minimum absolute atomic E-state index is 0.729. The van der Waals surface area contributed by atoms with Crippen LogP contribution in [-0.2, 0) is 7.05 Å². The van der Waals surface area contributed by atoms with Crippen LogP contribution in [0.4, 0.5) is 0 Å². The lowest BCUT2D eigenvalue weighted by Gasteiger charge is -2.02. The maximum absolute atomic E-state index is 6.10. The van der Waals surface area contributed by atoms with Gasteiger partial charge < -0.3 is 0 Å². The fourth-order valence-electron chi connectivity index (χ4n) is 1.85. The van der Waals surface area contributed by atoms with E-state index in [4.69, 9.17) is 11.6 Å². The van der Waals surface area contributed by atoms with Crippen LogP contribution < -0.4 is 0 Å². The quantitative estimate of drug-likeness (QED) is 0.657. The third-order valence-electron chi connectivity index (χ3n) is 2.71. The van der Waals surface area contributed by atoms with E-state index in [9.17, 15) is 0 Å². The number of benzene rings is 1. The molecule has 0 radical (unpaired) electrons. The molecule has 0 bridgehead atoms. The van der Waals surface area contributed by atoms with Crippen molar-refractivity contribution in [3.8, 4) is 11.3 Å². The van der Waals surface area contributed by atoms with Crippen LogP contribution >= 0.6 is 11.6 Å². The van der Waals surface area contributed by atoms with E-state index in [1.807, 2.05) is 37.5 Å². The first-order valence-electron chi connectivity index (χ1n) is 5.27. The lowest BCUT2D eigenvalue weighted by atomic mass is 10.1. The van der Waals surface area contributed by atoms with E-state index < -0.39 is 0 Å². The lowest BCUT2D eigenvalue weighted by molar-refractivity contribution is 0.768. The number of pyridine rings is 1. The largest absolute Gasteiger partial charge is 0.275 e. The summed E-state index contributed by atoms with van der Waals surface area (Å²) < 4.78 is 1.76. The number of aryl methyl sites for hydroxylation is 1. The molecule has 0 unspecified atom stereocenters. The predicted molar refractivity (Wildman–Crippen MR) is 69.0 cm³/mol. The highest BCUT2D eigenvalue weighted by atomic mass is 35.5. The van der Waals surface area contributed by atoms with Crippen LogP contribution in [0.25, 0.3) is 22.0 Å². The second kappa shape index (κ2) is 3.86. The molecule has 1 aromatic carbocycles. The zero-order valence-electron chi connectivity index (χ0n) is 9.26. The number of hydrogen-bond donors (Lipinski definition) is 0. The van der Waals surface area contributed by atoms with Crippen molar-refractivity contribution in [3.63, 3.8) is 0 Å². The van der Waals surface area contributed by atoms with Gasteiger partial charge in [0.25, 0.3) is 0 Å². The summed E-state index contributed by atoms with van der Waals surface area (Å²) in [6.45, 7) is 0. The summed E-state index contributed by atoms with van der Waals surface area (Å²) in [5, 5.41) is 6.93. The molecule has 0 spiro atoms. The molecular weight excluding hydrogens is 234 g/mol. The van der Waals surface area contributed by atoms with Gasteiger partial charge in [0.2, 0.25) is 0 Å². The third kappa shape index (κ3) is 1.78. The maximum Gasteiger partial charge on any atom is 0.0739 e. The number of rotatable bonds is 1. The first kappa shape index (κ1) is 10.3. The van der Waals surface area contributed by atoms with E-state index in [2.05, 4.69) is 10.1 Å². The summed E-state index contributed by atoms with van der Waals surface area (Å²) >= 11 is 6.10. The topological polar surface area (TPSA) is 30.7 Å². The van der Waals surface area contributed by atoms with Crippen LogP contribution in [0.1, 0.15) is 0 Å². The monoisotopic (exact) mass is 243 g/mol. The van der Waals surface area contributed by atoms with Gasteiger partial charge in [0, 0.05) is 35.4 Å². The molecular formula is C13H10ClN3. The van der Waals surface area contributed by atoms with Crippen molar-refractivity contribution in [3.05, 3.63) is 47.9 Å². The van der Waals surface area contributed by atoms with Gasteiger partial charge in [0.1, 0.15) is 0 Å². The Labute approximate surface area is 104 Å². The molecule has 0 atom stereocenters. The standard InChI is InChI=1S/C13H10ClN3/c1-17-8-10(6-16-17)13-5-9-3-2-4-12(14)11(9)7-15-13/h2-8H,1H3. The summed E-state index contributed by atoms with van der Waals surface area (Å²) in [6.07, 6.45) is 5.55. The van der Waals surface area contributed by atoms with Gasteiger partial charge >= 0.3 is 0 Å². The summed E-state index contributed by atoms with van der Waals surface area (Å²) in [7, 11) is 1.89. The van der Waals surface area contributed by atoms with Crippen molar-refractivity contribution >= 4 is 22.4 Å². The van der Waals surface area contributed by atoms with Crippen LogP contribution in [0.15, 0.2) is 42.9 Å². The van der Waals surface area contributed by atoms with Gasteiger partial charge in [-0.3, -0.25) is 9.67 Å². The molecule has 3 nitrogen and oxygen atoms in total. The van der Waals surface area contributed by atoms with E-state index >= 15 is 0 Å². The second-order valence-electron chi connectivity index (χ2n) is 3.93. The zero-order valence-corrected chi connectivity index (χ0v) is 10.0. The predicted octanol–water partition coefficient (Wildman–Crippen LogP) is 3.29. The first-order chi connectivity index (χ1) is 8.24. The van der Waals surface area contributed by atoms with Gasteiger partial charge in [-0.2, -0.15) is 5.10 Å². The molecule has 3 aromatic rings. The van der Waals surface area contributed by atoms with Gasteiger partial charge in [-0.05, 0) is 17.5 Å². The maximum atomic E-state index is 6.10. The number of nitrogens with zero attached hydrogens (tertiary/aromatic N) is 3. The van der Waals surface area contributed by atoms with E-state index in [0.29, 0.717) is 0 Å². The van der Waals surface area contributed by atoms with Gasteiger partial charge in [-0.1, -0.05) is 23.7 Å². The molecule has 0 fully saturated rings. The number of hydrogen-bond acceptors (Lipinski definition) is 2. The van der Waals surface area contributed by atoms with Crippen LogP contribution in [0, 0.1) is 0 Å². The Morgan fingerprint density at radius 1 is 1.24 bits per heavy atom. The van der Waals surface area contributed by atoms with Crippen LogP contribution in [0.2, 0.25) is 5.02 Å². The van der Waals surface area contributed by atoms with Gasteiger partial charge in [-0.15, -0.1) is 0 Å². The number of aromatic nitrogens is 3. The summed E-state index contributed by atoms with van der Waals surface area (Å²) in [6, 6.07) is 7.87. The van der Waals surface area contributed by atoms with Crippen molar-refractivity contribution < 1.29 is 0 Å². The van der Waals surface area contributed by atoms with Crippen molar-refractivity contribution in [2.75, 3.05) is 0 Å². The lowest BCUT2D eigenvalue weighted by Crippen LogP contribution is -1.85. The van der Waals surface area contributed by atoms with Gasteiger partial charge in [0.15, 0.2) is 0 Å². The Hall–Kier alpha value is -1.87. The minimum atomic E-state index is 0.729. The molecule has 2 heterocycles. The Balaban J connectivity index is 2.20. The van der Waals surface area contributed by atoms with E-state index in [0.717, 1.165) is 27.1 Å². The van der Waals surface area contributed by atoms with E-state index in [1.165, 1.54) is 0 Å². The fourth-order valence-corrected chi connectivity index (χ4v) is 2.08. The molecule has 0 N–H and O–H groups in total. The summed E-state index contributed by atoms with van der Waals surface area (Å²) in [4.78, 5) is 4.41. The first-order valence-corrected chi connectivity index (χ1v) is 5.65. The summed E-state index contributed by atoms with van der Waals surface area (Å²) in [5.74, 6) is 0. The molecule has 0 aliphatic carbocycles. The molecule has 17 heavy (non-hydrogen) atoms. The molecule has 4 heteroatoms. The van der Waals surface area contributed by atoms with E-state index in [-0.39, 0.29) is 0 Å². The molecule has 3 rings (SSSR count). The van der Waals surface area contributed by atoms with Gasteiger partial charge in [0.05, 0.1) is 11.9 Å². The smallest absolute Gasteiger partial charge is 0.0739 e. The molecule has 0 saturated heterocycles. The van der Waals surface area contributed by atoms with Crippen molar-refractivity contribution in [2.45, 2.75) is 0 Å². The molecule has 0 aliphatic rings. The molecule has 0 amide bonds. The Bertz CT molecular complexity index is 688. The normalized spacial score (nSPS) is 10.9. The Morgan fingerprint density at radius 2 is 2.12 bits per heavy atom. The number of fused-ring (bicyclic) bond motifs is 1. The second-order valence-corrected chi connectivity index (χ2v) is 4.34. The molecule has 2 aromatic heterocycles. The highest BCUT2D eigenvalue weighted by Crippen LogP contribution is 2.26. The SMILES string of the molecule is Cn1cc(-c2cc3cccc(Cl)c3cn2)cn1.